The van der Waals surface area contributed by atoms with Gasteiger partial charge in [0.25, 0.3) is 0 Å². The van der Waals surface area contributed by atoms with Crippen LogP contribution in [0.2, 0.25) is 0 Å². The topological polar surface area (TPSA) is 110 Å². The molecule has 0 aliphatic carbocycles. The Morgan fingerprint density at radius 3 is 2.33 bits per heavy atom. The predicted molar refractivity (Wildman–Crippen MR) is 76.9 cm³/mol. The largest absolute Gasteiger partial charge is 0.375 e. The van der Waals surface area contributed by atoms with Crippen molar-refractivity contribution in [2.24, 2.45) is 21.7 Å². The molecule has 0 saturated carbocycles. The fraction of sp³-hybridized carbons (Fsp3) is 0.500. The van der Waals surface area contributed by atoms with Crippen LogP contribution in [-0.2, 0) is 21.8 Å². The van der Waals surface area contributed by atoms with E-state index in [0.717, 1.165) is 0 Å². The Morgan fingerprint density at radius 1 is 1.33 bits per heavy atom. The Balaban J connectivity index is 0. The van der Waals surface area contributed by atoms with Gasteiger partial charge < -0.3 is 16.2 Å². The van der Waals surface area contributed by atoms with Gasteiger partial charge in [-0.05, 0) is 38.3 Å². The number of thiocarbonyl (C=S) groups is 2. The molecule has 6 N–H and O–H groups in total. The SMILES string of the molecule is CCOC(C)C(C=NNC(N)=S)=NNC(N)=S.[Cu]. The summed E-state index contributed by atoms with van der Waals surface area (Å²) < 4.78 is 5.36. The van der Waals surface area contributed by atoms with E-state index in [4.69, 9.17) is 16.2 Å². The molecule has 7 nitrogen and oxygen atoms in total. The van der Waals surface area contributed by atoms with Crippen LogP contribution in [0.1, 0.15) is 13.8 Å². The molecular weight excluding hydrogens is 324 g/mol. The Hall–Kier alpha value is -0.801. The summed E-state index contributed by atoms with van der Waals surface area (Å²) in [5.41, 5.74) is 15.8. The maximum Gasteiger partial charge on any atom is 0.184 e. The van der Waals surface area contributed by atoms with Crippen LogP contribution in [0, 0.1) is 0 Å². The standard InChI is InChI=1S/C8H16N6OS2.Cu/c1-3-15-5(2)6(12-14-8(10)17)4-11-13-7(9)16;/h4-5H,3H2,1-2H3,(H3,9,13,16)(H3,10,14,17);. The molecular formula is C8H16CuN6OS2. The van der Waals surface area contributed by atoms with Crippen molar-refractivity contribution in [1.82, 2.24) is 10.9 Å². The van der Waals surface area contributed by atoms with Gasteiger partial charge in [-0.25, -0.2) is 0 Å². The number of nitrogens with one attached hydrogen (secondary N) is 2. The summed E-state index contributed by atoms with van der Waals surface area (Å²) in [7, 11) is 0. The summed E-state index contributed by atoms with van der Waals surface area (Å²) in [6.07, 6.45) is 1.16. The van der Waals surface area contributed by atoms with Crippen molar-refractivity contribution in [2.75, 3.05) is 6.61 Å². The van der Waals surface area contributed by atoms with Crippen molar-refractivity contribution in [3.63, 3.8) is 0 Å². The van der Waals surface area contributed by atoms with Gasteiger partial charge in [-0.3, -0.25) is 10.9 Å². The summed E-state index contributed by atoms with van der Waals surface area (Å²) in [6.45, 7) is 4.24. The quantitative estimate of drug-likeness (QED) is 0.222. The summed E-state index contributed by atoms with van der Waals surface area (Å²) in [5.74, 6) is 0. The predicted octanol–water partition coefficient (Wildman–Crippen LogP) is -0.583. The molecule has 0 aromatic carbocycles. The van der Waals surface area contributed by atoms with E-state index in [1.54, 1.807) is 0 Å². The number of nitrogens with two attached hydrogens (primary N) is 2. The van der Waals surface area contributed by atoms with E-state index >= 15 is 0 Å². The summed E-state index contributed by atoms with van der Waals surface area (Å²) in [6, 6.07) is 0. The summed E-state index contributed by atoms with van der Waals surface area (Å²) in [5, 5.41) is 7.84. The average Bonchev–Trinajstić information content (AvgIpc) is 2.22. The third kappa shape index (κ3) is 10.4. The van der Waals surface area contributed by atoms with Crippen LogP contribution in [0.25, 0.3) is 0 Å². The maximum atomic E-state index is 5.36. The molecule has 18 heavy (non-hydrogen) atoms. The van der Waals surface area contributed by atoms with Crippen LogP contribution in [0.3, 0.4) is 0 Å². The maximum absolute atomic E-state index is 5.36. The van der Waals surface area contributed by atoms with Gasteiger partial charge in [-0.1, -0.05) is 0 Å². The van der Waals surface area contributed by atoms with Crippen LogP contribution in [-0.4, -0.2) is 34.9 Å². The van der Waals surface area contributed by atoms with Gasteiger partial charge in [0.1, 0.15) is 11.8 Å². The van der Waals surface area contributed by atoms with Gasteiger partial charge in [0.2, 0.25) is 0 Å². The van der Waals surface area contributed by atoms with Crippen LogP contribution in [0.15, 0.2) is 10.2 Å². The first-order valence-corrected chi connectivity index (χ1v) is 5.62. The molecule has 0 heterocycles. The van der Waals surface area contributed by atoms with Crippen LogP contribution < -0.4 is 22.3 Å². The molecule has 0 amide bonds. The van der Waals surface area contributed by atoms with Crippen molar-refractivity contribution in [3.05, 3.63) is 0 Å². The van der Waals surface area contributed by atoms with Gasteiger partial charge in [-0.15, -0.1) is 0 Å². The van der Waals surface area contributed by atoms with Crippen molar-refractivity contribution in [1.29, 1.82) is 0 Å². The van der Waals surface area contributed by atoms with Gasteiger partial charge in [0, 0.05) is 23.7 Å². The van der Waals surface area contributed by atoms with E-state index in [1.807, 2.05) is 13.8 Å². The van der Waals surface area contributed by atoms with E-state index in [2.05, 4.69) is 45.5 Å². The molecule has 1 radical (unpaired) electrons. The van der Waals surface area contributed by atoms with Crippen molar-refractivity contribution in [2.45, 2.75) is 20.0 Å². The van der Waals surface area contributed by atoms with E-state index in [1.165, 1.54) is 6.21 Å². The molecule has 1 atom stereocenters. The first-order valence-electron chi connectivity index (χ1n) is 4.80. The van der Waals surface area contributed by atoms with Crippen LogP contribution >= 0.6 is 24.4 Å². The minimum absolute atomic E-state index is 0. The molecule has 0 fully saturated rings. The fourth-order valence-electron chi connectivity index (χ4n) is 0.842. The first kappa shape index (κ1) is 19.5. The second kappa shape index (κ2) is 11.3. The van der Waals surface area contributed by atoms with Crippen molar-refractivity contribution < 1.29 is 21.8 Å². The van der Waals surface area contributed by atoms with E-state index < -0.39 is 0 Å². The van der Waals surface area contributed by atoms with Gasteiger partial charge in [0.05, 0.1) is 6.21 Å². The minimum atomic E-state index is -0.265. The Bertz CT molecular complexity index is 336. The zero-order chi connectivity index (χ0) is 13.3. The van der Waals surface area contributed by atoms with Gasteiger partial charge in [-0.2, -0.15) is 10.2 Å². The second-order valence-electron chi connectivity index (χ2n) is 2.84. The zero-order valence-electron chi connectivity index (χ0n) is 9.94. The summed E-state index contributed by atoms with van der Waals surface area (Å²) in [4.78, 5) is 0. The molecule has 0 aromatic heterocycles. The number of hydrogen-bond donors (Lipinski definition) is 4. The zero-order valence-corrected chi connectivity index (χ0v) is 12.5. The van der Waals surface area contributed by atoms with E-state index in [9.17, 15) is 0 Å². The monoisotopic (exact) mass is 339 g/mol. The molecule has 0 spiro atoms. The molecule has 1 unspecified atom stereocenters. The Labute approximate surface area is 127 Å². The smallest absolute Gasteiger partial charge is 0.184 e. The fourth-order valence-corrected chi connectivity index (χ4v) is 0.940. The molecule has 0 rings (SSSR count). The molecule has 0 aliphatic rings. The first-order chi connectivity index (χ1) is 7.97. The number of hydrazone groups is 2. The second-order valence-corrected chi connectivity index (χ2v) is 3.72. The van der Waals surface area contributed by atoms with E-state index in [0.29, 0.717) is 12.3 Å². The van der Waals surface area contributed by atoms with Crippen LogP contribution in [0.5, 0.6) is 0 Å². The Kier molecular flexibility index (Phi) is 12.3. The third-order valence-electron chi connectivity index (χ3n) is 1.50. The number of hydrogen-bond acceptors (Lipinski definition) is 5. The molecule has 0 bridgehead atoms. The number of rotatable bonds is 6. The minimum Gasteiger partial charge on any atom is -0.375 e. The molecule has 10 heteroatoms. The molecule has 0 aliphatic heterocycles. The van der Waals surface area contributed by atoms with Gasteiger partial charge in [0.15, 0.2) is 10.2 Å². The summed E-state index contributed by atoms with van der Waals surface area (Å²) >= 11 is 9.23. The average molecular weight is 340 g/mol. The van der Waals surface area contributed by atoms with Crippen molar-refractivity contribution in [3.8, 4) is 0 Å². The molecule has 0 aromatic rings. The number of ether oxygens (including phenoxy) is 1. The normalized spacial score (nSPS) is 12.7. The Morgan fingerprint density at radius 2 is 1.89 bits per heavy atom. The molecule has 0 saturated heterocycles. The van der Waals surface area contributed by atoms with Crippen molar-refractivity contribution >= 4 is 46.6 Å². The van der Waals surface area contributed by atoms with Gasteiger partial charge >= 0.3 is 0 Å². The third-order valence-corrected chi connectivity index (χ3v) is 1.68. The number of nitrogens with zero attached hydrogens (tertiary/aromatic N) is 2. The van der Waals surface area contributed by atoms with E-state index in [-0.39, 0.29) is 33.4 Å². The van der Waals surface area contributed by atoms with Crippen LogP contribution in [0.4, 0.5) is 0 Å². The molecule has 107 valence electrons.